The lowest BCUT2D eigenvalue weighted by atomic mass is 10.2. The molecule has 112 valence electrons. The fourth-order valence-corrected chi connectivity index (χ4v) is 1.88. The lowest BCUT2D eigenvalue weighted by Crippen LogP contribution is -2.17. The van der Waals surface area contributed by atoms with E-state index in [2.05, 4.69) is 15.5 Å². The molecule has 2 rings (SSSR count). The Morgan fingerprint density at radius 1 is 1.35 bits per heavy atom. The Bertz CT molecular complexity index is 538. The van der Waals surface area contributed by atoms with Crippen LogP contribution in [-0.4, -0.2) is 19.6 Å². The summed E-state index contributed by atoms with van der Waals surface area (Å²) in [6.07, 6.45) is 3.34. The molecule has 0 aromatic carbocycles. The summed E-state index contributed by atoms with van der Waals surface area (Å²) in [5, 5.41) is 11.0. The van der Waals surface area contributed by atoms with Crippen LogP contribution in [0.1, 0.15) is 30.4 Å². The van der Waals surface area contributed by atoms with Crippen LogP contribution in [0.25, 0.3) is 0 Å². The topological polar surface area (TPSA) is 47.7 Å². The van der Waals surface area contributed by atoms with Gasteiger partial charge in [0.15, 0.2) is 0 Å². The molecule has 0 aliphatic carbocycles. The molecule has 0 atom stereocenters. The maximum absolute atomic E-state index is 12.6. The molecule has 0 aliphatic heterocycles. The normalized spacial score (nSPS) is 10.8. The second kappa shape index (κ2) is 7.35. The Kier molecular flexibility index (Phi) is 6.09. The third-order valence-corrected chi connectivity index (χ3v) is 2.93. The molecule has 0 saturated carbocycles. The molecule has 0 aliphatic rings. The molecule has 0 fully saturated rings. The van der Waals surface area contributed by atoms with Gasteiger partial charge in [-0.15, -0.1) is 12.4 Å². The molecular weight excluding hydrogens is 288 g/mol. The lowest BCUT2D eigenvalue weighted by molar-refractivity contribution is 0.0531. The van der Waals surface area contributed by atoms with Gasteiger partial charge in [0.25, 0.3) is 0 Å². The van der Waals surface area contributed by atoms with Crippen LogP contribution in [0.4, 0.5) is 8.78 Å². The average molecular weight is 306 g/mol. The maximum Gasteiger partial charge on any atom is 0.333 e. The van der Waals surface area contributed by atoms with Crippen LogP contribution in [-0.2, 0) is 19.6 Å². The van der Waals surface area contributed by atoms with Gasteiger partial charge in [-0.2, -0.15) is 19.0 Å². The Morgan fingerprint density at radius 3 is 2.70 bits per heavy atom. The van der Waals surface area contributed by atoms with E-state index in [-0.39, 0.29) is 12.4 Å². The van der Waals surface area contributed by atoms with Gasteiger partial charge in [0.2, 0.25) is 0 Å². The number of nitrogens with one attached hydrogen (secondary N) is 1. The van der Waals surface area contributed by atoms with Gasteiger partial charge < -0.3 is 5.32 Å². The van der Waals surface area contributed by atoms with Gasteiger partial charge in [-0.05, 0) is 19.9 Å². The first-order chi connectivity index (χ1) is 9.11. The van der Waals surface area contributed by atoms with Crippen molar-refractivity contribution in [3.63, 3.8) is 0 Å². The molecule has 2 heterocycles. The van der Waals surface area contributed by atoms with Crippen molar-refractivity contribution < 1.29 is 8.78 Å². The number of aromatic nitrogens is 4. The first kappa shape index (κ1) is 16.6. The Hall–Kier alpha value is -1.47. The van der Waals surface area contributed by atoms with Crippen molar-refractivity contribution in [2.75, 3.05) is 0 Å². The summed E-state index contributed by atoms with van der Waals surface area (Å²) in [5.74, 6) is 0. The highest BCUT2D eigenvalue weighted by molar-refractivity contribution is 5.85. The molecule has 0 bridgehead atoms. The van der Waals surface area contributed by atoms with Gasteiger partial charge in [-0.1, -0.05) is 0 Å². The van der Waals surface area contributed by atoms with E-state index < -0.39 is 6.55 Å². The first-order valence-electron chi connectivity index (χ1n) is 6.16. The van der Waals surface area contributed by atoms with Crippen molar-refractivity contribution in [3.8, 4) is 0 Å². The third kappa shape index (κ3) is 3.77. The summed E-state index contributed by atoms with van der Waals surface area (Å²) in [7, 11) is 0. The summed E-state index contributed by atoms with van der Waals surface area (Å²) in [4.78, 5) is 0. The summed E-state index contributed by atoms with van der Waals surface area (Å²) < 4.78 is 27.7. The van der Waals surface area contributed by atoms with Gasteiger partial charge in [-0.3, -0.25) is 4.68 Å². The van der Waals surface area contributed by atoms with Crippen molar-refractivity contribution in [1.29, 1.82) is 0 Å². The fraction of sp³-hybridized carbons (Fsp3) is 0.500. The number of hydrogen-bond acceptors (Lipinski definition) is 3. The molecule has 0 radical (unpaired) electrons. The Balaban J connectivity index is 0.00000200. The summed E-state index contributed by atoms with van der Waals surface area (Å²) in [6.45, 7) is 3.12. The van der Waals surface area contributed by atoms with E-state index in [9.17, 15) is 8.78 Å². The number of alkyl halides is 2. The first-order valence-corrected chi connectivity index (χ1v) is 6.16. The van der Waals surface area contributed by atoms with Crippen molar-refractivity contribution in [1.82, 2.24) is 24.9 Å². The number of halogens is 3. The fourth-order valence-electron chi connectivity index (χ4n) is 1.88. The lowest BCUT2D eigenvalue weighted by Gasteiger charge is -2.07. The molecule has 0 saturated heterocycles. The van der Waals surface area contributed by atoms with E-state index in [4.69, 9.17) is 0 Å². The monoisotopic (exact) mass is 305 g/mol. The molecule has 8 heteroatoms. The number of hydrogen-bond donors (Lipinski definition) is 1. The van der Waals surface area contributed by atoms with E-state index in [1.54, 1.807) is 6.07 Å². The van der Waals surface area contributed by atoms with Crippen LogP contribution in [0.5, 0.6) is 0 Å². The van der Waals surface area contributed by atoms with Gasteiger partial charge in [0, 0.05) is 37.6 Å². The highest BCUT2D eigenvalue weighted by atomic mass is 35.5. The highest BCUT2D eigenvalue weighted by Gasteiger charge is 2.11. The average Bonchev–Trinajstić information content (AvgIpc) is 2.97. The smallest absolute Gasteiger partial charge is 0.307 e. The molecule has 20 heavy (non-hydrogen) atoms. The van der Waals surface area contributed by atoms with Gasteiger partial charge >= 0.3 is 6.55 Å². The van der Waals surface area contributed by atoms with Gasteiger partial charge in [-0.25, -0.2) is 4.68 Å². The summed E-state index contributed by atoms with van der Waals surface area (Å²) in [6, 6.07) is 1.58. The quantitative estimate of drug-likeness (QED) is 0.892. The molecule has 5 nitrogen and oxygen atoms in total. The van der Waals surface area contributed by atoms with Gasteiger partial charge in [0.05, 0.1) is 11.4 Å². The molecule has 0 amide bonds. The minimum atomic E-state index is -2.60. The van der Waals surface area contributed by atoms with E-state index >= 15 is 0 Å². The molecule has 1 N–H and O–H groups in total. The van der Waals surface area contributed by atoms with Crippen LogP contribution in [0.15, 0.2) is 18.5 Å². The molecule has 0 unspecified atom stereocenters. The van der Waals surface area contributed by atoms with Crippen LogP contribution < -0.4 is 5.32 Å². The SMILES string of the molecule is CCn1cc(CNCc2ccnn2C(F)F)c(C)n1.Cl. The summed E-state index contributed by atoms with van der Waals surface area (Å²) >= 11 is 0. The highest BCUT2D eigenvalue weighted by Crippen LogP contribution is 2.12. The summed E-state index contributed by atoms with van der Waals surface area (Å²) in [5.41, 5.74) is 2.50. The number of nitrogens with zero attached hydrogens (tertiary/aromatic N) is 4. The molecule has 2 aromatic heterocycles. The maximum atomic E-state index is 12.6. The van der Waals surface area contributed by atoms with E-state index in [1.807, 2.05) is 24.7 Å². The second-order valence-corrected chi connectivity index (χ2v) is 4.24. The van der Waals surface area contributed by atoms with Crippen LogP contribution in [0.3, 0.4) is 0 Å². The Labute approximate surface area is 122 Å². The van der Waals surface area contributed by atoms with Crippen molar-refractivity contribution in [2.45, 2.75) is 40.0 Å². The van der Waals surface area contributed by atoms with Crippen molar-refractivity contribution >= 4 is 12.4 Å². The zero-order chi connectivity index (χ0) is 13.8. The molecule has 0 spiro atoms. The van der Waals surface area contributed by atoms with E-state index in [0.717, 1.165) is 22.5 Å². The minimum absolute atomic E-state index is 0. The van der Waals surface area contributed by atoms with Gasteiger partial charge in [0.1, 0.15) is 0 Å². The predicted molar refractivity (Wildman–Crippen MR) is 73.9 cm³/mol. The third-order valence-electron chi connectivity index (χ3n) is 2.93. The van der Waals surface area contributed by atoms with E-state index in [0.29, 0.717) is 18.8 Å². The molecular formula is C12H18ClF2N5. The number of rotatable bonds is 6. The van der Waals surface area contributed by atoms with Crippen molar-refractivity contribution in [2.24, 2.45) is 0 Å². The van der Waals surface area contributed by atoms with Crippen LogP contribution in [0, 0.1) is 6.92 Å². The predicted octanol–water partition coefficient (Wildman–Crippen LogP) is 2.51. The standard InChI is InChI=1S/C12H17F2N5.ClH/c1-3-18-8-10(9(2)17-18)6-15-7-11-4-5-16-19(11)12(13)14;/h4-5,8,12,15H,3,6-7H2,1-2H3;1H. The second-order valence-electron chi connectivity index (χ2n) is 4.24. The largest absolute Gasteiger partial charge is 0.333 e. The van der Waals surface area contributed by atoms with Crippen LogP contribution >= 0.6 is 12.4 Å². The van der Waals surface area contributed by atoms with E-state index in [1.165, 1.54) is 6.20 Å². The zero-order valence-electron chi connectivity index (χ0n) is 11.4. The zero-order valence-corrected chi connectivity index (χ0v) is 12.2. The van der Waals surface area contributed by atoms with Crippen LogP contribution in [0.2, 0.25) is 0 Å². The Morgan fingerprint density at radius 2 is 2.10 bits per heavy atom. The minimum Gasteiger partial charge on any atom is -0.307 e. The number of aryl methyl sites for hydroxylation is 2. The molecule has 2 aromatic rings. The van der Waals surface area contributed by atoms with Crippen molar-refractivity contribution in [3.05, 3.63) is 35.4 Å².